The van der Waals surface area contributed by atoms with Crippen LogP contribution >= 0.6 is 11.3 Å². The van der Waals surface area contributed by atoms with Crippen molar-refractivity contribution in [3.05, 3.63) is 81.2 Å². The number of fused-ring (bicyclic) bond motifs is 2. The fourth-order valence-corrected chi connectivity index (χ4v) is 4.30. The molecule has 29 heavy (non-hydrogen) atoms. The number of anilines is 1. The summed E-state index contributed by atoms with van der Waals surface area (Å²) in [6, 6.07) is 10.8. The molecule has 0 saturated heterocycles. The highest BCUT2D eigenvalue weighted by Gasteiger charge is 2.44. The zero-order valence-electron chi connectivity index (χ0n) is 15.2. The standard InChI is InChI=1S/C21H14N2O5S/c1-27-15-10-11(6-7-13(15)24)17-16-18(25)12-4-2-3-5-14(12)28-19(16)20(26)23(17)21-22-8-9-29-21/h2-10,17,24H,1H3/t17-/m1/s1. The lowest BCUT2D eigenvalue weighted by molar-refractivity contribution is 0.0971. The van der Waals surface area contributed by atoms with Gasteiger partial charge in [-0.2, -0.15) is 0 Å². The zero-order valence-corrected chi connectivity index (χ0v) is 16.0. The first-order valence-electron chi connectivity index (χ1n) is 8.76. The van der Waals surface area contributed by atoms with Crippen LogP contribution in [-0.2, 0) is 0 Å². The lowest BCUT2D eigenvalue weighted by atomic mass is 9.98. The van der Waals surface area contributed by atoms with Gasteiger partial charge in [-0.05, 0) is 29.8 Å². The van der Waals surface area contributed by atoms with Gasteiger partial charge in [0.25, 0.3) is 5.91 Å². The highest BCUT2D eigenvalue weighted by molar-refractivity contribution is 7.13. The number of carbonyl (C=O) groups excluding carboxylic acids is 1. The summed E-state index contributed by atoms with van der Waals surface area (Å²) in [6.07, 6.45) is 1.59. The molecule has 2 aromatic carbocycles. The normalized spacial score (nSPS) is 15.7. The number of nitrogens with zero attached hydrogens (tertiary/aromatic N) is 2. The van der Waals surface area contributed by atoms with E-state index in [9.17, 15) is 14.7 Å². The van der Waals surface area contributed by atoms with Gasteiger partial charge in [0.05, 0.1) is 24.1 Å². The van der Waals surface area contributed by atoms with Crippen LogP contribution in [0.1, 0.15) is 27.7 Å². The molecule has 5 rings (SSSR count). The van der Waals surface area contributed by atoms with Gasteiger partial charge in [0, 0.05) is 11.6 Å². The van der Waals surface area contributed by atoms with Crippen molar-refractivity contribution in [2.45, 2.75) is 6.04 Å². The van der Waals surface area contributed by atoms with Crippen LogP contribution < -0.4 is 15.1 Å². The molecule has 1 N–H and O–H groups in total. The molecule has 0 spiro atoms. The largest absolute Gasteiger partial charge is 0.504 e. The average Bonchev–Trinajstić information content (AvgIpc) is 3.35. The van der Waals surface area contributed by atoms with Gasteiger partial charge in [-0.1, -0.05) is 18.2 Å². The Morgan fingerprint density at radius 3 is 2.79 bits per heavy atom. The molecule has 4 aromatic rings. The third-order valence-electron chi connectivity index (χ3n) is 4.92. The summed E-state index contributed by atoms with van der Waals surface area (Å²) in [5.74, 6) is -0.226. The van der Waals surface area contributed by atoms with Crippen molar-refractivity contribution in [3.8, 4) is 11.5 Å². The maximum absolute atomic E-state index is 13.3. The minimum Gasteiger partial charge on any atom is -0.504 e. The van der Waals surface area contributed by atoms with Gasteiger partial charge in [-0.25, -0.2) is 4.98 Å². The average molecular weight is 406 g/mol. The van der Waals surface area contributed by atoms with E-state index in [-0.39, 0.29) is 28.3 Å². The van der Waals surface area contributed by atoms with E-state index in [0.717, 1.165) is 0 Å². The molecule has 0 unspecified atom stereocenters. The smallest absolute Gasteiger partial charge is 0.297 e. The molecule has 3 heterocycles. The Morgan fingerprint density at radius 1 is 1.21 bits per heavy atom. The van der Waals surface area contributed by atoms with Crippen LogP contribution in [-0.4, -0.2) is 23.1 Å². The van der Waals surface area contributed by atoms with Crippen molar-refractivity contribution >= 4 is 33.3 Å². The summed E-state index contributed by atoms with van der Waals surface area (Å²) in [7, 11) is 1.44. The van der Waals surface area contributed by atoms with Crippen LogP contribution in [0.2, 0.25) is 0 Å². The SMILES string of the molecule is COc1cc([C@@H]2c3c(oc4ccccc4c3=O)C(=O)N2c2nccs2)ccc1O. The topological polar surface area (TPSA) is 92.9 Å². The third-order valence-corrected chi connectivity index (χ3v) is 5.69. The van der Waals surface area contributed by atoms with Crippen molar-refractivity contribution in [1.29, 1.82) is 0 Å². The van der Waals surface area contributed by atoms with E-state index in [2.05, 4.69) is 4.98 Å². The second kappa shape index (κ2) is 6.46. The molecule has 0 bridgehead atoms. The van der Waals surface area contributed by atoms with Crippen LogP contribution in [0.5, 0.6) is 11.5 Å². The van der Waals surface area contributed by atoms with Gasteiger partial charge in [0.2, 0.25) is 5.76 Å². The molecule has 7 nitrogen and oxygen atoms in total. The van der Waals surface area contributed by atoms with Crippen LogP contribution in [0, 0.1) is 0 Å². The fraction of sp³-hybridized carbons (Fsp3) is 0.0952. The van der Waals surface area contributed by atoms with E-state index in [0.29, 0.717) is 21.7 Å². The van der Waals surface area contributed by atoms with Gasteiger partial charge in [-0.3, -0.25) is 14.5 Å². The summed E-state index contributed by atoms with van der Waals surface area (Å²) in [6.45, 7) is 0. The van der Waals surface area contributed by atoms with E-state index in [1.807, 2.05) is 0 Å². The van der Waals surface area contributed by atoms with Crippen LogP contribution in [0.3, 0.4) is 0 Å². The monoisotopic (exact) mass is 406 g/mol. The number of benzene rings is 2. The summed E-state index contributed by atoms with van der Waals surface area (Å²) in [4.78, 5) is 32.3. The predicted molar refractivity (Wildman–Crippen MR) is 108 cm³/mol. The number of phenolic OH excluding ortho intramolecular Hbond substituents is 1. The highest BCUT2D eigenvalue weighted by Crippen LogP contribution is 2.43. The second-order valence-corrected chi connectivity index (χ2v) is 7.37. The molecule has 0 saturated carbocycles. The van der Waals surface area contributed by atoms with Crippen LogP contribution in [0.4, 0.5) is 5.13 Å². The number of hydrogen-bond donors (Lipinski definition) is 1. The number of hydrogen-bond acceptors (Lipinski definition) is 7. The van der Waals surface area contributed by atoms with Crippen molar-refractivity contribution in [2.75, 3.05) is 12.0 Å². The minimum atomic E-state index is -0.751. The maximum Gasteiger partial charge on any atom is 0.297 e. The number of amides is 1. The van der Waals surface area contributed by atoms with Gasteiger partial charge in [0.15, 0.2) is 22.1 Å². The zero-order chi connectivity index (χ0) is 20.1. The van der Waals surface area contributed by atoms with Gasteiger partial charge in [-0.15, -0.1) is 11.3 Å². The van der Waals surface area contributed by atoms with E-state index >= 15 is 0 Å². The number of para-hydroxylation sites is 1. The first-order chi connectivity index (χ1) is 14.1. The molecule has 2 aromatic heterocycles. The van der Waals surface area contributed by atoms with Gasteiger partial charge in [0.1, 0.15) is 5.58 Å². The van der Waals surface area contributed by atoms with E-state index < -0.39 is 11.9 Å². The molecule has 0 fully saturated rings. The Kier molecular flexibility index (Phi) is 3.88. The first-order valence-corrected chi connectivity index (χ1v) is 9.64. The molecule has 1 aliphatic rings. The number of phenols is 1. The quantitative estimate of drug-likeness (QED) is 0.558. The van der Waals surface area contributed by atoms with Crippen molar-refractivity contribution in [1.82, 2.24) is 4.98 Å². The molecule has 144 valence electrons. The molecule has 0 radical (unpaired) electrons. The third kappa shape index (κ3) is 2.53. The van der Waals surface area contributed by atoms with Gasteiger partial charge >= 0.3 is 0 Å². The highest BCUT2D eigenvalue weighted by atomic mass is 32.1. The Bertz CT molecular complexity index is 1310. The van der Waals surface area contributed by atoms with E-state index in [4.69, 9.17) is 9.15 Å². The molecule has 1 aliphatic heterocycles. The summed E-state index contributed by atoms with van der Waals surface area (Å²) >= 11 is 1.29. The molecular formula is C21H14N2O5S. The number of ether oxygens (including phenoxy) is 1. The van der Waals surface area contributed by atoms with Crippen molar-refractivity contribution < 1.29 is 19.1 Å². The minimum absolute atomic E-state index is 0.000872. The predicted octanol–water partition coefficient (Wildman–Crippen LogP) is 3.71. The van der Waals surface area contributed by atoms with E-state index in [1.165, 1.54) is 29.4 Å². The molecule has 8 heteroatoms. The molecule has 1 amide bonds. The maximum atomic E-state index is 13.3. The second-order valence-electron chi connectivity index (χ2n) is 6.49. The number of thiazole rings is 1. The molecule has 1 atom stereocenters. The van der Waals surface area contributed by atoms with Crippen LogP contribution in [0.25, 0.3) is 11.0 Å². The van der Waals surface area contributed by atoms with Crippen molar-refractivity contribution in [2.24, 2.45) is 0 Å². The summed E-state index contributed by atoms with van der Waals surface area (Å²) < 4.78 is 11.1. The summed E-state index contributed by atoms with van der Waals surface area (Å²) in [5.41, 5.74) is 0.931. The van der Waals surface area contributed by atoms with Gasteiger partial charge < -0.3 is 14.3 Å². The fourth-order valence-electron chi connectivity index (χ4n) is 3.63. The number of carbonyl (C=O) groups is 1. The number of aromatic hydroxyl groups is 1. The number of rotatable bonds is 3. The first kappa shape index (κ1) is 17.4. The summed E-state index contributed by atoms with van der Waals surface area (Å²) in [5, 5.41) is 12.6. The number of methoxy groups -OCH3 is 1. The van der Waals surface area contributed by atoms with E-state index in [1.54, 1.807) is 48.0 Å². The Balaban J connectivity index is 1.83. The lowest BCUT2D eigenvalue weighted by Gasteiger charge is -2.23. The molecular weight excluding hydrogens is 392 g/mol. The Morgan fingerprint density at radius 2 is 2.03 bits per heavy atom. The van der Waals surface area contributed by atoms with Crippen molar-refractivity contribution in [3.63, 3.8) is 0 Å². The lowest BCUT2D eigenvalue weighted by Crippen LogP contribution is -2.29. The molecule has 0 aliphatic carbocycles. The Labute approximate surface area is 168 Å². The number of aromatic nitrogens is 1. The Hall–Kier alpha value is -3.65. The van der Waals surface area contributed by atoms with Crippen LogP contribution in [0.15, 0.2) is 63.3 Å².